The van der Waals surface area contributed by atoms with Crippen molar-refractivity contribution in [3.05, 3.63) is 0 Å². The summed E-state index contributed by atoms with van der Waals surface area (Å²) in [4.78, 5) is 21.6. The van der Waals surface area contributed by atoms with Gasteiger partial charge in [-0.25, -0.2) is 0 Å². The third-order valence-corrected chi connectivity index (χ3v) is 1.91. The van der Waals surface area contributed by atoms with E-state index in [4.69, 9.17) is 5.73 Å². The van der Waals surface area contributed by atoms with Gasteiger partial charge in [0.2, 0.25) is 0 Å². The molecule has 0 amide bonds. The molecule has 1 rings (SSSR count). The molecule has 1 aliphatic carbocycles. The summed E-state index contributed by atoms with van der Waals surface area (Å²) < 4.78 is 0. The first-order chi connectivity index (χ1) is 4.61. The fraction of sp³-hybridized carbons (Fsp3) is 0.714. The first-order valence-corrected chi connectivity index (χ1v) is 3.41. The number of hydrogen-bond donors (Lipinski definition) is 1. The minimum Gasteiger partial charge on any atom is -0.321 e. The lowest BCUT2D eigenvalue weighted by atomic mass is 9.85. The molecule has 0 radical (unpaired) electrons. The summed E-state index contributed by atoms with van der Waals surface area (Å²) in [7, 11) is 0. The summed E-state index contributed by atoms with van der Waals surface area (Å²) in [6.07, 6.45) is 0.512. The van der Waals surface area contributed by atoms with Crippen molar-refractivity contribution in [1.82, 2.24) is 0 Å². The van der Waals surface area contributed by atoms with Crippen LogP contribution in [0.3, 0.4) is 0 Å². The van der Waals surface area contributed by atoms with Crippen LogP contribution in [0.1, 0.15) is 19.8 Å². The van der Waals surface area contributed by atoms with Gasteiger partial charge in [0.15, 0.2) is 5.78 Å². The van der Waals surface area contributed by atoms with Crippen LogP contribution in [0, 0.1) is 5.92 Å². The fourth-order valence-electron chi connectivity index (χ4n) is 1.19. The lowest BCUT2D eigenvalue weighted by Gasteiger charge is -2.22. The predicted octanol–water partition coefficient (Wildman–Crippen LogP) is -0.118. The van der Waals surface area contributed by atoms with Crippen molar-refractivity contribution in [2.24, 2.45) is 11.7 Å². The molecule has 2 N–H and O–H groups in total. The van der Waals surface area contributed by atoms with Crippen LogP contribution < -0.4 is 5.73 Å². The molecule has 0 saturated heterocycles. The van der Waals surface area contributed by atoms with Crippen molar-refractivity contribution in [3.63, 3.8) is 0 Å². The first kappa shape index (κ1) is 7.41. The molecule has 0 aromatic carbocycles. The minimum absolute atomic E-state index is 0.0270. The Morgan fingerprint density at radius 3 is 2.60 bits per heavy atom. The first-order valence-electron chi connectivity index (χ1n) is 3.41. The summed E-state index contributed by atoms with van der Waals surface area (Å²) >= 11 is 0. The topological polar surface area (TPSA) is 60.2 Å². The van der Waals surface area contributed by atoms with E-state index in [1.54, 1.807) is 0 Å². The zero-order valence-electron chi connectivity index (χ0n) is 5.96. The summed E-state index contributed by atoms with van der Waals surface area (Å²) in [6, 6.07) is -0.405. The molecule has 0 heterocycles. The molecule has 0 aliphatic heterocycles. The maximum atomic E-state index is 10.9. The van der Waals surface area contributed by atoms with Crippen LogP contribution in [-0.2, 0) is 9.59 Å². The largest absolute Gasteiger partial charge is 0.321 e. The van der Waals surface area contributed by atoms with Gasteiger partial charge in [-0.1, -0.05) is 6.92 Å². The predicted molar refractivity (Wildman–Crippen MR) is 36.4 cm³/mol. The number of rotatable bonds is 0. The van der Waals surface area contributed by atoms with Crippen molar-refractivity contribution in [1.29, 1.82) is 0 Å². The summed E-state index contributed by atoms with van der Waals surface area (Å²) in [5.41, 5.74) is 5.48. The summed E-state index contributed by atoms with van der Waals surface area (Å²) in [5.74, 6) is -0.0447. The fourth-order valence-corrected chi connectivity index (χ4v) is 1.19. The van der Waals surface area contributed by atoms with Crippen molar-refractivity contribution >= 4 is 11.6 Å². The molecular weight excluding hydrogens is 130 g/mol. The number of hydrogen-bond acceptors (Lipinski definition) is 3. The molecule has 3 nitrogen and oxygen atoms in total. The summed E-state index contributed by atoms with van der Waals surface area (Å²) in [6.45, 7) is 1.83. The average molecular weight is 141 g/mol. The molecule has 0 bridgehead atoms. The van der Waals surface area contributed by atoms with E-state index in [0.29, 0.717) is 6.42 Å². The molecule has 56 valence electrons. The van der Waals surface area contributed by atoms with E-state index in [1.807, 2.05) is 6.92 Å². The van der Waals surface area contributed by atoms with E-state index in [9.17, 15) is 9.59 Å². The molecule has 1 saturated carbocycles. The van der Waals surface area contributed by atoms with Crippen LogP contribution in [0.4, 0.5) is 0 Å². The Hall–Kier alpha value is -0.700. The molecule has 0 aromatic heterocycles. The highest BCUT2D eigenvalue weighted by Crippen LogP contribution is 2.16. The van der Waals surface area contributed by atoms with Gasteiger partial charge in [0.05, 0.1) is 12.5 Å². The van der Waals surface area contributed by atoms with Gasteiger partial charge in [0.1, 0.15) is 5.78 Å². The number of carbonyl (C=O) groups is 2. The second-order valence-corrected chi connectivity index (χ2v) is 2.89. The highest BCUT2D eigenvalue weighted by molar-refractivity contribution is 6.04. The molecule has 0 spiro atoms. The average Bonchev–Trinajstić information content (AvgIpc) is 1.82. The van der Waals surface area contributed by atoms with Gasteiger partial charge in [-0.2, -0.15) is 0 Å². The minimum atomic E-state index is -0.405. The Morgan fingerprint density at radius 1 is 1.50 bits per heavy atom. The Balaban J connectivity index is 2.66. The molecule has 1 fully saturated rings. The zero-order chi connectivity index (χ0) is 7.72. The van der Waals surface area contributed by atoms with Gasteiger partial charge >= 0.3 is 0 Å². The number of nitrogens with two attached hydrogens (primary N) is 1. The normalized spacial score (nSPS) is 34.6. The van der Waals surface area contributed by atoms with E-state index < -0.39 is 6.04 Å². The van der Waals surface area contributed by atoms with E-state index in [2.05, 4.69) is 0 Å². The maximum Gasteiger partial charge on any atom is 0.157 e. The van der Waals surface area contributed by atoms with E-state index >= 15 is 0 Å². The highest BCUT2D eigenvalue weighted by atomic mass is 16.1. The van der Waals surface area contributed by atoms with Gasteiger partial charge in [-0.05, 0) is 5.92 Å². The molecule has 10 heavy (non-hydrogen) atoms. The molecule has 1 aliphatic rings. The summed E-state index contributed by atoms with van der Waals surface area (Å²) in [5, 5.41) is 0. The standard InChI is InChI=1S/C7H11NO2/c1-4-2-5(9)3-6(10)7(4)8/h4,7H,2-3,8H2,1H3. The number of Topliss-reactive ketones (excluding diaryl/α,β-unsaturated/α-hetero) is 2. The highest BCUT2D eigenvalue weighted by Gasteiger charge is 2.29. The zero-order valence-corrected chi connectivity index (χ0v) is 5.96. The smallest absolute Gasteiger partial charge is 0.157 e. The maximum absolute atomic E-state index is 10.9. The van der Waals surface area contributed by atoms with Crippen LogP contribution in [0.5, 0.6) is 0 Å². The lowest BCUT2D eigenvalue weighted by Crippen LogP contribution is -2.42. The van der Waals surface area contributed by atoms with Crippen LogP contribution in [-0.4, -0.2) is 17.6 Å². The van der Waals surface area contributed by atoms with E-state index in [0.717, 1.165) is 0 Å². The van der Waals surface area contributed by atoms with E-state index in [1.165, 1.54) is 0 Å². The number of carbonyl (C=O) groups excluding carboxylic acids is 2. The van der Waals surface area contributed by atoms with Crippen molar-refractivity contribution < 1.29 is 9.59 Å². The van der Waals surface area contributed by atoms with Crippen LogP contribution in [0.25, 0.3) is 0 Å². The quantitative estimate of drug-likeness (QED) is 0.478. The second kappa shape index (κ2) is 2.50. The Labute approximate surface area is 59.6 Å². The Kier molecular flexibility index (Phi) is 1.85. The van der Waals surface area contributed by atoms with Gasteiger partial charge in [0.25, 0.3) is 0 Å². The van der Waals surface area contributed by atoms with Crippen molar-refractivity contribution in [2.45, 2.75) is 25.8 Å². The molecule has 0 aromatic rings. The monoisotopic (exact) mass is 141 g/mol. The third-order valence-electron chi connectivity index (χ3n) is 1.91. The van der Waals surface area contributed by atoms with Crippen LogP contribution in [0.2, 0.25) is 0 Å². The van der Waals surface area contributed by atoms with Crippen LogP contribution >= 0.6 is 0 Å². The van der Waals surface area contributed by atoms with Crippen LogP contribution in [0.15, 0.2) is 0 Å². The Morgan fingerprint density at radius 2 is 2.10 bits per heavy atom. The van der Waals surface area contributed by atoms with Gasteiger partial charge in [-0.15, -0.1) is 0 Å². The third kappa shape index (κ3) is 1.24. The number of ketones is 2. The molecule has 3 heteroatoms. The molecular formula is C7H11NO2. The second-order valence-electron chi connectivity index (χ2n) is 2.89. The van der Waals surface area contributed by atoms with Gasteiger partial charge < -0.3 is 5.73 Å². The lowest BCUT2D eigenvalue weighted by molar-refractivity contribution is -0.132. The molecule has 2 atom stereocenters. The SMILES string of the molecule is CC1CC(=O)CC(=O)C1N. The Bertz CT molecular complexity index is 176. The van der Waals surface area contributed by atoms with Crippen molar-refractivity contribution in [3.8, 4) is 0 Å². The van der Waals surface area contributed by atoms with Crippen molar-refractivity contribution in [2.75, 3.05) is 0 Å². The van der Waals surface area contributed by atoms with Gasteiger partial charge in [-0.3, -0.25) is 9.59 Å². The van der Waals surface area contributed by atoms with E-state index in [-0.39, 0.29) is 23.9 Å². The van der Waals surface area contributed by atoms with Gasteiger partial charge in [0, 0.05) is 6.42 Å². The molecule has 2 unspecified atom stereocenters.